The standard InChI is InChI=1S/C27H26FN3O2/c1-33-26-12-6-5-11-25(26)29-27(32)31(19-21-8-3-2-4-9-21)20-24-10-7-17-30(24)18-22-13-15-23(28)16-14-22/h2-17H,18-20H2,1H3,(H,29,32). The molecular weight excluding hydrogens is 417 g/mol. The van der Waals surface area contributed by atoms with Crippen LogP contribution in [0.2, 0.25) is 0 Å². The maximum Gasteiger partial charge on any atom is 0.322 e. The number of nitrogens with one attached hydrogen (secondary N) is 1. The summed E-state index contributed by atoms with van der Waals surface area (Å²) in [5.41, 5.74) is 3.61. The first-order chi connectivity index (χ1) is 16.1. The number of carbonyl (C=O) groups excluding carboxylic acids is 1. The lowest BCUT2D eigenvalue weighted by Crippen LogP contribution is -2.34. The van der Waals surface area contributed by atoms with Crippen LogP contribution in [-0.4, -0.2) is 22.6 Å². The molecule has 0 aliphatic carbocycles. The third-order valence-corrected chi connectivity index (χ3v) is 5.39. The normalized spacial score (nSPS) is 10.6. The summed E-state index contributed by atoms with van der Waals surface area (Å²) >= 11 is 0. The van der Waals surface area contributed by atoms with E-state index in [2.05, 4.69) is 9.88 Å². The SMILES string of the molecule is COc1ccccc1NC(=O)N(Cc1ccccc1)Cc1cccn1Cc1ccc(F)cc1. The molecule has 33 heavy (non-hydrogen) atoms. The first-order valence-electron chi connectivity index (χ1n) is 10.7. The summed E-state index contributed by atoms with van der Waals surface area (Å²) in [6, 6.07) is 27.4. The largest absolute Gasteiger partial charge is 0.495 e. The zero-order valence-electron chi connectivity index (χ0n) is 18.4. The van der Waals surface area contributed by atoms with Crippen molar-refractivity contribution >= 4 is 11.7 Å². The Morgan fingerprint density at radius 2 is 1.61 bits per heavy atom. The highest BCUT2D eigenvalue weighted by molar-refractivity contribution is 5.91. The fourth-order valence-corrected chi connectivity index (χ4v) is 3.67. The Hall–Kier alpha value is -4.06. The second-order valence-corrected chi connectivity index (χ2v) is 7.73. The number of anilines is 1. The molecule has 4 rings (SSSR count). The number of para-hydroxylation sites is 2. The lowest BCUT2D eigenvalue weighted by molar-refractivity contribution is 0.205. The Bertz CT molecular complexity index is 1190. The number of ether oxygens (including phenoxy) is 1. The Kier molecular flexibility index (Phi) is 7.05. The molecule has 0 aliphatic heterocycles. The first kappa shape index (κ1) is 22.1. The van der Waals surface area contributed by atoms with Gasteiger partial charge in [-0.3, -0.25) is 0 Å². The summed E-state index contributed by atoms with van der Waals surface area (Å²) in [5.74, 6) is 0.346. The van der Waals surface area contributed by atoms with Crippen LogP contribution in [0.5, 0.6) is 5.75 Å². The van der Waals surface area contributed by atoms with E-state index in [-0.39, 0.29) is 11.8 Å². The number of benzene rings is 3. The molecule has 4 aromatic rings. The quantitative estimate of drug-likeness (QED) is 0.368. The number of halogens is 1. The highest BCUT2D eigenvalue weighted by Gasteiger charge is 2.18. The number of amides is 2. The van der Waals surface area contributed by atoms with Gasteiger partial charge in [-0.2, -0.15) is 0 Å². The van der Waals surface area contributed by atoms with Gasteiger partial charge in [-0.1, -0.05) is 54.6 Å². The van der Waals surface area contributed by atoms with Crippen molar-refractivity contribution < 1.29 is 13.9 Å². The number of hydrogen-bond acceptors (Lipinski definition) is 2. The van der Waals surface area contributed by atoms with E-state index in [4.69, 9.17) is 4.74 Å². The third kappa shape index (κ3) is 5.80. The maximum atomic E-state index is 13.3. The summed E-state index contributed by atoms with van der Waals surface area (Å²) in [6.07, 6.45) is 1.97. The highest BCUT2D eigenvalue weighted by Crippen LogP contribution is 2.24. The molecule has 0 spiro atoms. The van der Waals surface area contributed by atoms with Crippen molar-refractivity contribution in [3.63, 3.8) is 0 Å². The van der Waals surface area contributed by atoms with Crippen molar-refractivity contribution in [2.24, 2.45) is 0 Å². The first-order valence-corrected chi connectivity index (χ1v) is 10.7. The van der Waals surface area contributed by atoms with Crippen LogP contribution in [0.15, 0.2) is 97.2 Å². The minimum absolute atomic E-state index is 0.224. The maximum absolute atomic E-state index is 13.3. The molecule has 1 N–H and O–H groups in total. The molecule has 0 atom stereocenters. The van der Waals surface area contributed by atoms with E-state index in [1.54, 1.807) is 24.1 Å². The second kappa shape index (κ2) is 10.5. The summed E-state index contributed by atoms with van der Waals surface area (Å²) in [6.45, 7) is 1.45. The van der Waals surface area contributed by atoms with Gasteiger partial charge in [0.15, 0.2) is 0 Å². The fourth-order valence-electron chi connectivity index (χ4n) is 3.67. The number of methoxy groups -OCH3 is 1. The van der Waals surface area contributed by atoms with Crippen LogP contribution in [0, 0.1) is 5.82 Å². The van der Waals surface area contributed by atoms with Crippen LogP contribution < -0.4 is 10.1 Å². The van der Waals surface area contributed by atoms with E-state index in [1.807, 2.05) is 72.9 Å². The number of nitrogens with zero attached hydrogens (tertiary/aromatic N) is 2. The van der Waals surface area contributed by atoms with Crippen LogP contribution in [-0.2, 0) is 19.6 Å². The summed E-state index contributed by atoms with van der Waals surface area (Å²) in [5, 5.41) is 2.98. The average molecular weight is 444 g/mol. The van der Waals surface area contributed by atoms with E-state index >= 15 is 0 Å². The number of hydrogen-bond donors (Lipinski definition) is 1. The van der Waals surface area contributed by atoms with Gasteiger partial charge in [0.1, 0.15) is 11.6 Å². The Balaban J connectivity index is 1.56. The molecule has 0 saturated carbocycles. The van der Waals surface area contributed by atoms with Gasteiger partial charge >= 0.3 is 6.03 Å². The van der Waals surface area contributed by atoms with Crippen LogP contribution in [0.25, 0.3) is 0 Å². The average Bonchev–Trinajstić information content (AvgIpc) is 3.27. The van der Waals surface area contributed by atoms with Gasteiger partial charge in [0.2, 0.25) is 0 Å². The molecule has 0 fully saturated rings. The molecule has 0 aliphatic rings. The zero-order chi connectivity index (χ0) is 23.0. The Morgan fingerprint density at radius 3 is 2.36 bits per heavy atom. The number of aromatic nitrogens is 1. The van der Waals surface area contributed by atoms with Crippen LogP contribution in [0.3, 0.4) is 0 Å². The molecule has 2 amide bonds. The molecule has 0 radical (unpaired) electrons. The third-order valence-electron chi connectivity index (χ3n) is 5.39. The van der Waals surface area contributed by atoms with E-state index in [9.17, 15) is 9.18 Å². The molecular formula is C27H26FN3O2. The van der Waals surface area contributed by atoms with Crippen LogP contribution in [0.1, 0.15) is 16.8 Å². The van der Waals surface area contributed by atoms with E-state index in [1.165, 1.54) is 12.1 Å². The van der Waals surface area contributed by atoms with Gasteiger partial charge in [-0.05, 0) is 47.5 Å². The molecule has 1 heterocycles. The van der Waals surface area contributed by atoms with Gasteiger partial charge in [0.25, 0.3) is 0 Å². The minimum atomic E-state index is -0.256. The van der Waals surface area contributed by atoms with Gasteiger partial charge in [-0.25, -0.2) is 9.18 Å². The second-order valence-electron chi connectivity index (χ2n) is 7.73. The molecule has 1 aromatic heterocycles. The fraction of sp³-hybridized carbons (Fsp3) is 0.148. The van der Waals surface area contributed by atoms with Crippen molar-refractivity contribution in [3.8, 4) is 5.75 Å². The predicted octanol–water partition coefficient (Wildman–Crippen LogP) is 5.92. The highest BCUT2D eigenvalue weighted by atomic mass is 19.1. The van der Waals surface area contributed by atoms with Gasteiger partial charge in [0.05, 0.1) is 19.3 Å². The minimum Gasteiger partial charge on any atom is -0.495 e. The molecule has 168 valence electrons. The van der Waals surface area contributed by atoms with E-state index in [0.29, 0.717) is 31.1 Å². The summed E-state index contributed by atoms with van der Waals surface area (Å²) in [4.78, 5) is 15.1. The van der Waals surface area contributed by atoms with Gasteiger partial charge < -0.3 is 19.5 Å². The smallest absolute Gasteiger partial charge is 0.322 e. The summed E-state index contributed by atoms with van der Waals surface area (Å²) < 4.78 is 20.7. The Labute approximate surface area is 193 Å². The molecule has 0 saturated heterocycles. The monoisotopic (exact) mass is 443 g/mol. The molecule has 5 nitrogen and oxygen atoms in total. The summed E-state index contributed by atoms with van der Waals surface area (Å²) in [7, 11) is 1.58. The predicted molar refractivity (Wildman–Crippen MR) is 128 cm³/mol. The number of rotatable bonds is 8. The van der Waals surface area contributed by atoms with Crippen molar-refractivity contribution in [3.05, 3.63) is 120 Å². The van der Waals surface area contributed by atoms with E-state index < -0.39 is 0 Å². The molecule has 0 bridgehead atoms. The van der Waals surface area contributed by atoms with Crippen molar-refractivity contribution in [2.45, 2.75) is 19.6 Å². The van der Waals surface area contributed by atoms with Crippen LogP contribution >= 0.6 is 0 Å². The number of carbonyl (C=O) groups is 1. The van der Waals surface area contributed by atoms with Gasteiger partial charge in [-0.15, -0.1) is 0 Å². The van der Waals surface area contributed by atoms with E-state index in [0.717, 1.165) is 16.8 Å². The number of urea groups is 1. The molecule has 0 unspecified atom stereocenters. The van der Waals surface area contributed by atoms with Crippen LogP contribution in [0.4, 0.5) is 14.9 Å². The van der Waals surface area contributed by atoms with Gasteiger partial charge in [0, 0.05) is 25.0 Å². The molecule has 6 heteroatoms. The lowest BCUT2D eigenvalue weighted by atomic mass is 10.2. The topological polar surface area (TPSA) is 46.5 Å². The zero-order valence-corrected chi connectivity index (χ0v) is 18.4. The molecule has 3 aromatic carbocycles. The van der Waals surface area contributed by atoms with Crippen molar-refractivity contribution in [1.29, 1.82) is 0 Å². The Morgan fingerprint density at radius 1 is 0.879 bits per heavy atom. The lowest BCUT2D eigenvalue weighted by Gasteiger charge is -2.25. The van der Waals surface area contributed by atoms with Crippen molar-refractivity contribution in [2.75, 3.05) is 12.4 Å². The van der Waals surface area contributed by atoms with Crippen molar-refractivity contribution in [1.82, 2.24) is 9.47 Å².